The Labute approximate surface area is 269 Å². The van der Waals surface area contributed by atoms with Gasteiger partial charge in [-0.2, -0.15) is 13.2 Å². The smallest absolute Gasteiger partial charge is 0.406 e. The number of carbonyl (C=O) groups excluding carboxylic acids is 1. The van der Waals surface area contributed by atoms with Crippen molar-refractivity contribution >= 4 is 11.9 Å². The zero-order valence-corrected chi connectivity index (χ0v) is 25.2. The van der Waals surface area contributed by atoms with Gasteiger partial charge in [-0.1, -0.05) is 72.8 Å². The molecule has 0 radical (unpaired) electrons. The highest BCUT2D eigenvalue weighted by Gasteiger charge is 2.47. The lowest BCUT2D eigenvalue weighted by molar-refractivity contribution is -0.153. The maximum Gasteiger partial charge on any atom is 0.406 e. The zero-order chi connectivity index (χ0) is 33.9. The van der Waals surface area contributed by atoms with E-state index in [1.54, 1.807) is 6.07 Å². The van der Waals surface area contributed by atoms with E-state index in [0.717, 1.165) is 11.1 Å². The molecule has 7 N–H and O–H groups in total. The number of aliphatic hydroxyl groups excluding tert-OH is 2. The second kappa shape index (κ2) is 14.0. The molecule has 0 spiro atoms. The fourth-order valence-corrected chi connectivity index (χ4v) is 6.36. The van der Waals surface area contributed by atoms with Crippen molar-refractivity contribution in [2.75, 3.05) is 6.54 Å². The highest BCUT2D eigenvalue weighted by molar-refractivity contribution is 6.00. The molecule has 0 bridgehead atoms. The summed E-state index contributed by atoms with van der Waals surface area (Å²) in [5.74, 6) is -3.47. The van der Waals surface area contributed by atoms with Crippen molar-refractivity contribution in [1.82, 2.24) is 9.88 Å². The summed E-state index contributed by atoms with van der Waals surface area (Å²) >= 11 is 0. The zero-order valence-electron chi connectivity index (χ0n) is 25.2. The van der Waals surface area contributed by atoms with Gasteiger partial charge in [-0.3, -0.25) is 14.6 Å². The molecule has 246 valence electrons. The second-order valence-electron chi connectivity index (χ2n) is 11.7. The SMILES string of the molecule is N[C@H]1c2ccccc2C[C@@H]1O.N[C@H]1c2ccccc2C[C@@H]1O.O=C(O)[C@H]1c2ccccc2C(=O)N(CC(F)(F)F)[C@@H]1c1cccnc1. The van der Waals surface area contributed by atoms with Crippen LogP contribution < -0.4 is 11.5 Å². The number of carbonyl (C=O) groups is 2. The van der Waals surface area contributed by atoms with E-state index in [1.165, 1.54) is 53.9 Å². The number of halogens is 3. The number of carboxylic acid groups (broad SMARTS) is 1. The first kappa shape index (κ1) is 33.7. The normalized spacial score (nSPS) is 24.1. The van der Waals surface area contributed by atoms with E-state index in [9.17, 15) is 38.1 Å². The van der Waals surface area contributed by atoms with Gasteiger partial charge >= 0.3 is 12.1 Å². The van der Waals surface area contributed by atoms with E-state index in [2.05, 4.69) is 4.98 Å². The predicted molar refractivity (Wildman–Crippen MR) is 167 cm³/mol. The van der Waals surface area contributed by atoms with Crippen LogP contribution in [0, 0.1) is 0 Å². The topological polar surface area (TPSA) is 163 Å². The highest BCUT2D eigenvalue weighted by Crippen LogP contribution is 2.43. The van der Waals surface area contributed by atoms with Gasteiger partial charge in [0.25, 0.3) is 5.91 Å². The summed E-state index contributed by atoms with van der Waals surface area (Å²) in [6.45, 7) is -1.54. The molecule has 0 unspecified atom stereocenters. The van der Waals surface area contributed by atoms with E-state index in [0.29, 0.717) is 17.7 Å². The van der Waals surface area contributed by atoms with Crippen LogP contribution in [0.1, 0.15) is 67.8 Å². The number of aliphatic hydroxyl groups is 2. The first-order valence-corrected chi connectivity index (χ1v) is 15.0. The van der Waals surface area contributed by atoms with Crippen molar-refractivity contribution in [1.29, 1.82) is 0 Å². The average Bonchev–Trinajstić information content (AvgIpc) is 3.51. The number of benzene rings is 3. The number of amides is 1. The number of nitrogens with zero attached hydrogens (tertiary/aromatic N) is 2. The highest BCUT2D eigenvalue weighted by atomic mass is 19.4. The Morgan fingerprint density at radius 2 is 1.32 bits per heavy atom. The Bertz CT molecular complexity index is 1660. The van der Waals surface area contributed by atoms with E-state index in [4.69, 9.17) is 11.5 Å². The molecule has 0 saturated heterocycles. The number of nitrogens with two attached hydrogens (primary N) is 2. The summed E-state index contributed by atoms with van der Waals surface area (Å²) in [5, 5.41) is 28.5. The van der Waals surface area contributed by atoms with Crippen molar-refractivity contribution in [2.24, 2.45) is 11.5 Å². The minimum absolute atomic E-state index is 0.0284. The Morgan fingerprint density at radius 3 is 1.79 bits per heavy atom. The van der Waals surface area contributed by atoms with Gasteiger partial charge in [0, 0.05) is 30.8 Å². The molecule has 7 rings (SSSR count). The molecule has 2 aliphatic carbocycles. The van der Waals surface area contributed by atoms with Gasteiger partial charge in [-0.15, -0.1) is 0 Å². The first-order valence-electron chi connectivity index (χ1n) is 15.0. The Balaban J connectivity index is 0.000000161. The number of fused-ring (bicyclic) bond motifs is 3. The minimum Gasteiger partial charge on any atom is -0.481 e. The van der Waals surface area contributed by atoms with Crippen molar-refractivity contribution in [2.45, 2.75) is 55.3 Å². The molecule has 1 amide bonds. The molecule has 6 atom stereocenters. The monoisotopic (exact) mass is 648 g/mol. The van der Waals surface area contributed by atoms with Crippen LogP contribution in [-0.4, -0.2) is 62.0 Å². The Kier molecular flexibility index (Phi) is 10.1. The van der Waals surface area contributed by atoms with Crippen molar-refractivity contribution < 1.29 is 38.1 Å². The molecular weight excluding hydrogens is 613 g/mol. The summed E-state index contributed by atoms with van der Waals surface area (Å²) in [6, 6.07) is 23.0. The van der Waals surface area contributed by atoms with Crippen LogP contribution in [0.5, 0.6) is 0 Å². The number of hydrogen-bond acceptors (Lipinski definition) is 7. The lowest BCUT2D eigenvalue weighted by atomic mass is 9.80. The molecular formula is C35H35F3N4O5. The van der Waals surface area contributed by atoms with Crippen molar-refractivity contribution in [3.05, 3.63) is 136 Å². The summed E-state index contributed by atoms with van der Waals surface area (Å²) in [4.78, 5) is 29.0. The first-order chi connectivity index (χ1) is 22.4. The average molecular weight is 649 g/mol. The number of alkyl halides is 3. The Hall–Kier alpha value is -4.62. The lowest BCUT2D eigenvalue weighted by Gasteiger charge is -2.40. The maximum atomic E-state index is 13.0. The molecule has 1 aliphatic heterocycles. The predicted octanol–water partition coefficient (Wildman–Crippen LogP) is 4.22. The van der Waals surface area contributed by atoms with Gasteiger partial charge in [-0.25, -0.2) is 0 Å². The fourth-order valence-electron chi connectivity index (χ4n) is 6.36. The van der Waals surface area contributed by atoms with Crippen molar-refractivity contribution in [3.8, 4) is 0 Å². The fraction of sp³-hybridized carbons (Fsp3) is 0.286. The summed E-state index contributed by atoms with van der Waals surface area (Å²) in [5.41, 5.74) is 16.5. The van der Waals surface area contributed by atoms with E-state index in [-0.39, 0.29) is 41.0 Å². The molecule has 3 aliphatic rings. The van der Waals surface area contributed by atoms with Crippen LogP contribution in [0.15, 0.2) is 97.3 Å². The van der Waals surface area contributed by atoms with Crippen LogP contribution in [0.4, 0.5) is 13.2 Å². The van der Waals surface area contributed by atoms with Gasteiger partial charge in [0.1, 0.15) is 12.5 Å². The number of aliphatic carboxylic acids is 1. The van der Waals surface area contributed by atoms with Gasteiger partial charge in [0.15, 0.2) is 0 Å². The minimum atomic E-state index is -4.66. The largest absolute Gasteiger partial charge is 0.481 e. The second-order valence-corrected chi connectivity index (χ2v) is 11.7. The van der Waals surface area contributed by atoms with Crippen LogP contribution in [0.2, 0.25) is 0 Å². The van der Waals surface area contributed by atoms with Crippen LogP contribution in [0.3, 0.4) is 0 Å². The standard InChI is InChI=1S/C17H13F3N2O3.2C9H11NO/c18-17(19,20)9-22-14(10-4-3-7-21-8-10)13(16(24)25)11-5-1-2-6-12(11)15(22)23;2*10-9-7-4-2-1-3-6(7)5-8(9)11/h1-8,13-14H,9H2,(H,24,25);2*1-4,8-9,11H,5,10H2/t13-,14+;2*8-,9-/m000/s1. The van der Waals surface area contributed by atoms with Crippen LogP contribution in [0.25, 0.3) is 0 Å². The molecule has 2 heterocycles. The number of carboxylic acids is 1. The van der Waals surface area contributed by atoms with Gasteiger partial charge < -0.3 is 31.7 Å². The molecule has 47 heavy (non-hydrogen) atoms. The quantitative estimate of drug-likeness (QED) is 0.221. The van der Waals surface area contributed by atoms with E-state index in [1.807, 2.05) is 48.5 Å². The molecule has 0 fully saturated rings. The number of pyridine rings is 1. The third-order valence-electron chi connectivity index (χ3n) is 8.60. The number of hydrogen-bond donors (Lipinski definition) is 5. The van der Waals surface area contributed by atoms with Gasteiger partial charge in [0.2, 0.25) is 0 Å². The summed E-state index contributed by atoms with van der Waals surface area (Å²) in [6.07, 6.45) is -1.31. The molecule has 9 nitrogen and oxygen atoms in total. The van der Waals surface area contributed by atoms with Gasteiger partial charge in [-0.05, 0) is 45.5 Å². The van der Waals surface area contributed by atoms with Gasteiger partial charge in [0.05, 0.1) is 30.3 Å². The van der Waals surface area contributed by atoms with E-state index < -0.39 is 36.6 Å². The summed E-state index contributed by atoms with van der Waals surface area (Å²) in [7, 11) is 0. The summed E-state index contributed by atoms with van der Waals surface area (Å²) < 4.78 is 39.1. The molecule has 4 aromatic rings. The lowest BCUT2D eigenvalue weighted by Crippen LogP contribution is -2.48. The number of aromatic nitrogens is 1. The molecule has 12 heteroatoms. The van der Waals surface area contributed by atoms with Crippen LogP contribution >= 0.6 is 0 Å². The number of rotatable bonds is 3. The molecule has 0 saturated carbocycles. The molecule has 1 aromatic heterocycles. The maximum absolute atomic E-state index is 13.0. The van der Waals surface area contributed by atoms with E-state index >= 15 is 0 Å². The third kappa shape index (κ3) is 7.36. The third-order valence-corrected chi connectivity index (χ3v) is 8.60. The molecule has 3 aromatic carbocycles. The Morgan fingerprint density at radius 1 is 0.809 bits per heavy atom. The van der Waals surface area contributed by atoms with Crippen molar-refractivity contribution in [3.63, 3.8) is 0 Å². The van der Waals surface area contributed by atoms with Crippen LogP contribution in [-0.2, 0) is 17.6 Å².